The van der Waals surface area contributed by atoms with Crippen molar-refractivity contribution in [1.29, 1.82) is 0 Å². The van der Waals surface area contributed by atoms with Crippen LogP contribution in [0.4, 0.5) is 4.79 Å². The Kier molecular flexibility index (Phi) is 4.55. The van der Waals surface area contributed by atoms with Crippen LogP contribution in [0.5, 0.6) is 0 Å². The second-order valence-corrected chi connectivity index (χ2v) is 6.80. The van der Waals surface area contributed by atoms with Gasteiger partial charge < -0.3 is 15.3 Å². The summed E-state index contributed by atoms with van der Waals surface area (Å²) in [6.45, 7) is 4.62. The van der Waals surface area contributed by atoms with Gasteiger partial charge in [0.1, 0.15) is 0 Å². The number of urea groups is 1. The summed E-state index contributed by atoms with van der Waals surface area (Å²) in [7, 11) is 0. The number of fused-ring (bicyclic) bond motifs is 1. The highest BCUT2D eigenvalue weighted by molar-refractivity contribution is 5.75. The van der Waals surface area contributed by atoms with Gasteiger partial charge in [0.2, 0.25) is 0 Å². The van der Waals surface area contributed by atoms with E-state index < -0.39 is 11.5 Å². The lowest BCUT2D eigenvalue weighted by atomic mass is 9.92. The summed E-state index contributed by atoms with van der Waals surface area (Å²) in [6, 6.07) is 0.385. The highest BCUT2D eigenvalue weighted by Crippen LogP contribution is 2.36. The maximum absolute atomic E-state index is 12.5. The number of nitrogens with zero attached hydrogens (tertiary/aromatic N) is 1. The molecule has 1 saturated heterocycles. The number of hydrogen-bond acceptors (Lipinski definition) is 2. The van der Waals surface area contributed by atoms with Crippen LogP contribution in [0.15, 0.2) is 0 Å². The molecular weight excluding hydrogens is 256 g/mol. The minimum absolute atomic E-state index is 0.0167. The Morgan fingerprint density at radius 3 is 2.65 bits per heavy atom. The van der Waals surface area contributed by atoms with Crippen molar-refractivity contribution in [3.8, 4) is 0 Å². The SMILES string of the molecule is CC(C)(CCC(=O)O)NC(=O)N1CCCC2CCCC21. The van der Waals surface area contributed by atoms with Crippen molar-refractivity contribution in [3.05, 3.63) is 0 Å². The average Bonchev–Trinajstić information content (AvgIpc) is 2.83. The molecule has 20 heavy (non-hydrogen) atoms. The van der Waals surface area contributed by atoms with E-state index in [9.17, 15) is 9.59 Å². The van der Waals surface area contributed by atoms with Gasteiger partial charge in [-0.1, -0.05) is 6.42 Å². The molecule has 0 aromatic heterocycles. The van der Waals surface area contributed by atoms with Gasteiger partial charge in [0, 0.05) is 24.5 Å². The van der Waals surface area contributed by atoms with E-state index in [0.29, 0.717) is 18.4 Å². The van der Waals surface area contributed by atoms with Crippen molar-refractivity contribution in [2.24, 2.45) is 5.92 Å². The molecule has 0 spiro atoms. The summed E-state index contributed by atoms with van der Waals surface area (Å²) in [5, 5.41) is 11.8. The molecule has 2 aliphatic rings. The van der Waals surface area contributed by atoms with Gasteiger partial charge in [-0.25, -0.2) is 4.79 Å². The number of carboxylic acids is 1. The molecule has 114 valence electrons. The Morgan fingerprint density at radius 2 is 1.95 bits per heavy atom. The predicted octanol–water partition coefficient (Wildman–Crippen LogP) is 2.60. The number of carbonyl (C=O) groups excluding carboxylic acids is 1. The molecule has 5 nitrogen and oxygen atoms in total. The van der Waals surface area contributed by atoms with Crippen LogP contribution in [0, 0.1) is 5.92 Å². The van der Waals surface area contributed by atoms with Crippen LogP contribution in [-0.2, 0) is 4.79 Å². The van der Waals surface area contributed by atoms with Crippen LogP contribution < -0.4 is 5.32 Å². The summed E-state index contributed by atoms with van der Waals surface area (Å²) < 4.78 is 0. The smallest absolute Gasteiger partial charge is 0.318 e. The number of rotatable bonds is 4. The van der Waals surface area contributed by atoms with Crippen molar-refractivity contribution in [2.45, 2.75) is 70.4 Å². The third kappa shape index (κ3) is 3.64. The molecule has 2 fully saturated rings. The molecule has 2 atom stereocenters. The zero-order valence-electron chi connectivity index (χ0n) is 12.5. The topological polar surface area (TPSA) is 69.6 Å². The standard InChI is InChI=1S/C15H26N2O3/c1-15(2,9-8-13(18)19)16-14(20)17-10-4-6-11-5-3-7-12(11)17/h11-12H,3-10H2,1-2H3,(H,16,20)(H,18,19). The summed E-state index contributed by atoms with van der Waals surface area (Å²) in [5.41, 5.74) is -0.471. The zero-order chi connectivity index (χ0) is 14.8. The van der Waals surface area contributed by atoms with Gasteiger partial charge in [0.05, 0.1) is 0 Å². The van der Waals surface area contributed by atoms with Crippen LogP contribution in [0.25, 0.3) is 0 Å². The number of likely N-dealkylation sites (tertiary alicyclic amines) is 1. The zero-order valence-corrected chi connectivity index (χ0v) is 12.5. The number of carboxylic acid groups (broad SMARTS) is 1. The van der Waals surface area contributed by atoms with E-state index in [-0.39, 0.29) is 12.5 Å². The molecular formula is C15H26N2O3. The van der Waals surface area contributed by atoms with E-state index in [1.165, 1.54) is 19.3 Å². The second kappa shape index (κ2) is 6.02. The van der Waals surface area contributed by atoms with E-state index in [1.54, 1.807) is 0 Å². The number of amides is 2. The summed E-state index contributed by atoms with van der Waals surface area (Å²) in [5.74, 6) is -0.141. The third-order valence-corrected chi connectivity index (χ3v) is 4.66. The molecule has 1 aliphatic carbocycles. The second-order valence-electron chi connectivity index (χ2n) is 6.80. The molecule has 2 unspecified atom stereocenters. The van der Waals surface area contributed by atoms with Crippen molar-refractivity contribution < 1.29 is 14.7 Å². The van der Waals surface area contributed by atoms with Gasteiger partial charge in [-0.05, 0) is 51.9 Å². The lowest BCUT2D eigenvalue weighted by molar-refractivity contribution is -0.137. The van der Waals surface area contributed by atoms with Crippen molar-refractivity contribution >= 4 is 12.0 Å². The predicted molar refractivity (Wildman–Crippen MR) is 76.5 cm³/mol. The molecule has 2 rings (SSSR count). The van der Waals surface area contributed by atoms with Gasteiger partial charge >= 0.3 is 12.0 Å². The van der Waals surface area contributed by atoms with Crippen LogP contribution in [0.3, 0.4) is 0 Å². The third-order valence-electron chi connectivity index (χ3n) is 4.66. The van der Waals surface area contributed by atoms with Crippen LogP contribution in [0.1, 0.15) is 58.8 Å². The number of carbonyl (C=O) groups is 2. The molecule has 0 aromatic carbocycles. The Morgan fingerprint density at radius 1 is 1.25 bits per heavy atom. The molecule has 1 aliphatic heterocycles. The lowest BCUT2D eigenvalue weighted by Crippen LogP contribution is -2.55. The van der Waals surface area contributed by atoms with E-state index in [2.05, 4.69) is 5.32 Å². The van der Waals surface area contributed by atoms with E-state index in [0.717, 1.165) is 19.4 Å². The number of hydrogen-bond donors (Lipinski definition) is 2. The van der Waals surface area contributed by atoms with E-state index in [4.69, 9.17) is 5.11 Å². The Labute approximate surface area is 120 Å². The van der Waals surface area contributed by atoms with Crippen molar-refractivity contribution in [3.63, 3.8) is 0 Å². The first-order valence-electron chi connectivity index (χ1n) is 7.70. The maximum atomic E-state index is 12.5. The summed E-state index contributed by atoms with van der Waals surface area (Å²) in [6.07, 6.45) is 6.46. The molecule has 1 saturated carbocycles. The molecule has 2 N–H and O–H groups in total. The average molecular weight is 282 g/mol. The number of piperidine rings is 1. The molecule has 2 amide bonds. The normalized spacial score (nSPS) is 26.2. The minimum atomic E-state index is -0.818. The quantitative estimate of drug-likeness (QED) is 0.832. The molecule has 0 aromatic rings. The maximum Gasteiger partial charge on any atom is 0.318 e. The van der Waals surface area contributed by atoms with Crippen LogP contribution in [0.2, 0.25) is 0 Å². The summed E-state index contributed by atoms with van der Waals surface area (Å²) in [4.78, 5) is 25.1. The van der Waals surface area contributed by atoms with E-state index in [1.807, 2.05) is 18.7 Å². The van der Waals surface area contributed by atoms with Crippen molar-refractivity contribution in [1.82, 2.24) is 10.2 Å². The number of nitrogens with one attached hydrogen (secondary N) is 1. The minimum Gasteiger partial charge on any atom is -0.481 e. The van der Waals surface area contributed by atoms with Gasteiger partial charge in [-0.15, -0.1) is 0 Å². The number of aliphatic carboxylic acids is 1. The summed E-state index contributed by atoms with van der Waals surface area (Å²) >= 11 is 0. The molecule has 0 radical (unpaired) electrons. The Balaban J connectivity index is 1.91. The van der Waals surface area contributed by atoms with Crippen LogP contribution >= 0.6 is 0 Å². The highest BCUT2D eigenvalue weighted by atomic mass is 16.4. The largest absolute Gasteiger partial charge is 0.481 e. The fourth-order valence-electron chi connectivity index (χ4n) is 3.55. The van der Waals surface area contributed by atoms with Crippen LogP contribution in [-0.4, -0.2) is 40.1 Å². The molecule has 1 heterocycles. The Bertz CT molecular complexity index is 381. The first-order valence-corrected chi connectivity index (χ1v) is 7.70. The van der Waals surface area contributed by atoms with Gasteiger partial charge in [0.25, 0.3) is 0 Å². The fourth-order valence-corrected chi connectivity index (χ4v) is 3.55. The first kappa shape index (κ1) is 15.1. The van der Waals surface area contributed by atoms with Gasteiger partial charge in [-0.3, -0.25) is 4.79 Å². The highest BCUT2D eigenvalue weighted by Gasteiger charge is 2.38. The molecule has 5 heteroatoms. The van der Waals surface area contributed by atoms with Gasteiger partial charge in [-0.2, -0.15) is 0 Å². The molecule has 0 bridgehead atoms. The Hall–Kier alpha value is -1.26. The first-order chi connectivity index (χ1) is 9.39. The lowest BCUT2D eigenvalue weighted by Gasteiger charge is -2.39. The van der Waals surface area contributed by atoms with Gasteiger partial charge in [0.15, 0.2) is 0 Å². The monoisotopic (exact) mass is 282 g/mol. The van der Waals surface area contributed by atoms with E-state index >= 15 is 0 Å². The van der Waals surface area contributed by atoms with Crippen molar-refractivity contribution in [2.75, 3.05) is 6.54 Å². The fraction of sp³-hybridized carbons (Fsp3) is 0.867.